The van der Waals surface area contributed by atoms with Gasteiger partial charge < -0.3 is 15.4 Å². The summed E-state index contributed by atoms with van der Waals surface area (Å²) in [6, 6.07) is 8.75. The summed E-state index contributed by atoms with van der Waals surface area (Å²) in [7, 11) is 2.20. The molecule has 0 aromatic heterocycles. The zero-order valence-electron chi connectivity index (χ0n) is 14.6. The van der Waals surface area contributed by atoms with Crippen LogP contribution in [0.1, 0.15) is 44.1 Å². The van der Waals surface area contributed by atoms with Crippen LogP contribution < -0.4 is 10.6 Å². The monoisotopic (exact) mass is 331 g/mol. The second-order valence-corrected chi connectivity index (χ2v) is 7.02. The van der Waals surface area contributed by atoms with Crippen molar-refractivity contribution < 1.29 is 9.53 Å². The Balaban J connectivity index is 1.58. The second kappa shape index (κ2) is 8.49. The van der Waals surface area contributed by atoms with Crippen molar-refractivity contribution in [1.29, 1.82) is 0 Å². The van der Waals surface area contributed by atoms with Crippen LogP contribution in [-0.4, -0.2) is 43.3 Å². The van der Waals surface area contributed by atoms with Crippen molar-refractivity contribution in [3.05, 3.63) is 29.8 Å². The van der Waals surface area contributed by atoms with E-state index in [9.17, 15) is 4.79 Å². The Morgan fingerprint density at radius 3 is 2.75 bits per heavy atom. The summed E-state index contributed by atoms with van der Waals surface area (Å²) in [4.78, 5) is 14.6. The number of nitrogens with one attached hydrogen (secondary N) is 2. The molecule has 132 valence electrons. The van der Waals surface area contributed by atoms with Crippen LogP contribution in [0.2, 0.25) is 0 Å². The fourth-order valence-corrected chi connectivity index (χ4v) is 3.69. The van der Waals surface area contributed by atoms with Gasteiger partial charge in [0.2, 0.25) is 0 Å². The molecule has 1 saturated heterocycles. The standard InChI is InChI=1S/C19H29N3O2/c1-22(17-8-3-2-4-9-17)13-15-7-5-6-10-18(15)21-19(23)20-16-11-12-24-14-16/h5-7,10,16-17H,2-4,8-9,11-14H2,1H3,(H2,20,21,23)/t16-/m1/s1. The number of rotatable bonds is 5. The summed E-state index contributed by atoms with van der Waals surface area (Å²) < 4.78 is 5.30. The van der Waals surface area contributed by atoms with E-state index in [1.54, 1.807) is 0 Å². The molecule has 2 N–H and O–H groups in total. The molecule has 2 fully saturated rings. The van der Waals surface area contributed by atoms with Gasteiger partial charge in [0.25, 0.3) is 0 Å². The first-order valence-electron chi connectivity index (χ1n) is 9.16. The number of carbonyl (C=O) groups is 1. The zero-order valence-corrected chi connectivity index (χ0v) is 14.6. The third-order valence-corrected chi connectivity index (χ3v) is 5.15. The minimum absolute atomic E-state index is 0.127. The fourth-order valence-electron chi connectivity index (χ4n) is 3.69. The molecule has 24 heavy (non-hydrogen) atoms. The molecule has 1 saturated carbocycles. The number of para-hydroxylation sites is 1. The van der Waals surface area contributed by atoms with E-state index in [2.05, 4.69) is 28.6 Å². The Kier molecular flexibility index (Phi) is 6.10. The maximum Gasteiger partial charge on any atom is 0.319 e. The van der Waals surface area contributed by atoms with Gasteiger partial charge in [-0.05, 0) is 37.9 Å². The van der Waals surface area contributed by atoms with Crippen molar-refractivity contribution in [2.75, 3.05) is 25.6 Å². The lowest BCUT2D eigenvalue weighted by atomic mass is 9.94. The van der Waals surface area contributed by atoms with Gasteiger partial charge in [-0.2, -0.15) is 0 Å². The first-order valence-corrected chi connectivity index (χ1v) is 9.16. The van der Waals surface area contributed by atoms with Crippen molar-refractivity contribution in [1.82, 2.24) is 10.2 Å². The fraction of sp³-hybridized carbons (Fsp3) is 0.632. The minimum Gasteiger partial charge on any atom is -0.379 e. The molecule has 1 atom stereocenters. The maximum atomic E-state index is 12.2. The SMILES string of the molecule is CN(Cc1ccccc1NC(=O)N[C@@H]1CCOC1)C1CCCCC1. The van der Waals surface area contributed by atoms with Gasteiger partial charge in [0.05, 0.1) is 12.6 Å². The summed E-state index contributed by atoms with van der Waals surface area (Å²) in [6.07, 6.45) is 7.50. The van der Waals surface area contributed by atoms with E-state index >= 15 is 0 Å². The van der Waals surface area contributed by atoms with Crippen molar-refractivity contribution in [2.45, 2.75) is 57.2 Å². The molecule has 2 aliphatic rings. The Morgan fingerprint density at radius 1 is 1.21 bits per heavy atom. The molecule has 1 aromatic rings. The number of amides is 2. The summed E-state index contributed by atoms with van der Waals surface area (Å²) in [5, 5.41) is 6.00. The summed E-state index contributed by atoms with van der Waals surface area (Å²) in [5.41, 5.74) is 2.07. The molecule has 0 bridgehead atoms. The van der Waals surface area contributed by atoms with E-state index in [0.29, 0.717) is 12.6 Å². The molecule has 0 unspecified atom stereocenters. The van der Waals surface area contributed by atoms with Gasteiger partial charge in [-0.3, -0.25) is 4.90 Å². The van der Waals surface area contributed by atoms with Crippen molar-refractivity contribution in [3.63, 3.8) is 0 Å². The number of urea groups is 1. The number of ether oxygens (including phenoxy) is 1. The van der Waals surface area contributed by atoms with Crippen molar-refractivity contribution in [2.24, 2.45) is 0 Å². The van der Waals surface area contributed by atoms with Crippen LogP contribution in [0.15, 0.2) is 24.3 Å². The highest BCUT2D eigenvalue weighted by molar-refractivity contribution is 5.90. The maximum absolute atomic E-state index is 12.2. The molecular formula is C19H29N3O2. The van der Waals surface area contributed by atoms with E-state index in [4.69, 9.17) is 4.74 Å². The number of hydrogen-bond acceptors (Lipinski definition) is 3. The van der Waals surface area contributed by atoms with E-state index in [-0.39, 0.29) is 12.1 Å². The molecular weight excluding hydrogens is 302 g/mol. The molecule has 1 aromatic carbocycles. The largest absolute Gasteiger partial charge is 0.379 e. The topological polar surface area (TPSA) is 53.6 Å². The van der Waals surface area contributed by atoms with Crippen molar-refractivity contribution in [3.8, 4) is 0 Å². The number of anilines is 1. The first kappa shape index (κ1) is 17.2. The molecule has 0 spiro atoms. The Morgan fingerprint density at radius 2 is 2.00 bits per heavy atom. The van der Waals surface area contributed by atoms with Gasteiger partial charge in [-0.15, -0.1) is 0 Å². The van der Waals surface area contributed by atoms with E-state index in [1.165, 1.54) is 37.7 Å². The molecule has 5 heteroatoms. The van der Waals surface area contributed by atoms with Gasteiger partial charge >= 0.3 is 6.03 Å². The van der Waals surface area contributed by atoms with Gasteiger partial charge in [0, 0.05) is 24.9 Å². The van der Waals surface area contributed by atoms with Crippen LogP contribution in [0.4, 0.5) is 10.5 Å². The zero-order chi connectivity index (χ0) is 16.8. The average Bonchev–Trinajstić information content (AvgIpc) is 3.10. The molecule has 0 radical (unpaired) electrons. The first-order chi connectivity index (χ1) is 11.7. The Bertz CT molecular complexity index is 537. The van der Waals surface area contributed by atoms with Crippen LogP contribution in [0, 0.1) is 0 Å². The highest BCUT2D eigenvalue weighted by Crippen LogP contribution is 2.24. The summed E-state index contributed by atoms with van der Waals surface area (Å²) >= 11 is 0. The second-order valence-electron chi connectivity index (χ2n) is 7.02. The van der Waals surface area contributed by atoms with Crippen LogP contribution >= 0.6 is 0 Å². The summed E-state index contributed by atoms with van der Waals surface area (Å²) in [5.74, 6) is 0. The average molecular weight is 331 g/mol. The molecule has 1 heterocycles. The lowest BCUT2D eigenvalue weighted by Gasteiger charge is -2.31. The number of carbonyl (C=O) groups excluding carboxylic acids is 1. The molecule has 5 nitrogen and oxygen atoms in total. The van der Waals surface area contributed by atoms with Gasteiger partial charge in [-0.1, -0.05) is 37.5 Å². The van der Waals surface area contributed by atoms with Crippen LogP contribution in [0.5, 0.6) is 0 Å². The highest BCUT2D eigenvalue weighted by Gasteiger charge is 2.20. The minimum atomic E-state index is -0.140. The van der Waals surface area contributed by atoms with E-state index < -0.39 is 0 Å². The highest BCUT2D eigenvalue weighted by atomic mass is 16.5. The normalized spacial score (nSPS) is 21.8. The van der Waals surface area contributed by atoms with E-state index in [1.807, 2.05) is 18.2 Å². The number of benzene rings is 1. The predicted molar refractivity (Wildman–Crippen MR) is 96.2 cm³/mol. The number of nitrogens with zero attached hydrogens (tertiary/aromatic N) is 1. The quantitative estimate of drug-likeness (QED) is 0.870. The van der Waals surface area contributed by atoms with Gasteiger partial charge in [0.15, 0.2) is 0 Å². The van der Waals surface area contributed by atoms with Crippen LogP contribution in [0.3, 0.4) is 0 Å². The van der Waals surface area contributed by atoms with Gasteiger partial charge in [0.1, 0.15) is 0 Å². The van der Waals surface area contributed by atoms with Gasteiger partial charge in [-0.25, -0.2) is 4.79 Å². The predicted octanol–water partition coefficient (Wildman–Crippen LogP) is 3.36. The van der Waals surface area contributed by atoms with Crippen LogP contribution in [0.25, 0.3) is 0 Å². The van der Waals surface area contributed by atoms with Crippen LogP contribution in [-0.2, 0) is 11.3 Å². The summed E-state index contributed by atoms with van der Waals surface area (Å²) in [6.45, 7) is 2.21. The lowest BCUT2D eigenvalue weighted by Crippen LogP contribution is -2.38. The van der Waals surface area contributed by atoms with E-state index in [0.717, 1.165) is 25.3 Å². The lowest BCUT2D eigenvalue weighted by molar-refractivity contribution is 0.185. The third-order valence-electron chi connectivity index (χ3n) is 5.15. The molecule has 1 aliphatic carbocycles. The Hall–Kier alpha value is -1.59. The molecule has 2 amide bonds. The Labute approximate surface area is 144 Å². The smallest absolute Gasteiger partial charge is 0.319 e. The molecule has 3 rings (SSSR count). The molecule has 1 aliphatic heterocycles. The number of hydrogen-bond donors (Lipinski definition) is 2. The third kappa shape index (κ3) is 4.71. The van der Waals surface area contributed by atoms with Crippen molar-refractivity contribution >= 4 is 11.7 Å².